The molecule has 0 spiro atoms. The number of para-hydroxylation sites is 2. The van der Waals surface area contributed by atoms with E-state index in [9.17, 15) is 57.9 Å². The number of hydrogen-bond acceptors (Lipinski definition) is 3. The molecule has 17 rings (SSSR count). The van der Waals surface area contributed by atoms with Crippen LogP contribution in [0.3, 0.4) is 0 Å². The highest BCUT2D eigenvalue weighted by Gasteiger charge is 2.38. The van der Waals surface area contributed by atoms with E-state index in [0.29, 0.717) is 21.9 Å². The van der Waals surface area contributed by atoms with Crippen LogP contribution in [0.1, 0.15) is 27.8 Å². The molecular weight excluding hydrogens is 1210 g/mol. The number of fused-ring (bicyclic) bond motifs is 18. The van der Waals surface area contributed by atoms with Gasteiger partial charge in [-0.1, -0.05) is 60.7 Å². The summed E-state index contributed by atoms with van der Waals surface area (Å²) >= 11 is 2.95. The SMILES string of the molecule is N#Cc1c(-n2c3ccc(C(F)(F)F)cc3c3cc(C(F)(F)F)ccc32)c(-c2cccc3sc4cc5c(cc4c23)[nH]c2ccccc25)cc(-c2cccc3sc4cc5c(cc4c23)[nH]c2ccccc25)c1-n1c2ccc(C(F)(F)F)cc2c2cc(C(F)(F)F)ccc21. The maximum atomic E-state index is 14.9. The lowest BCUT2D eigenvalue weighted by Gasteiger charge is -2.24. The summed E-state index contributed by atoms with van der Waals surface area (Å²) in [5.74, 6) is 0. The molecule has 0 amide bonds. The number of H-pyrrole nitrogens is 2. The summed E-state index contributed by atoms with van der Waals surface area (Å²) < 4.78 is 185. The van der Waals surface area contributed by atoms with Crippen molar-refractivity contribution in [3.8, 4) is 39.7 Å². The average Bonchev–Trinajstić information content (AvgIpc) is 1.46. The van der Waals surface area contributed by atoms with Crippen molar-refractivity contribution in [3.05, 3.63) is 216 Å². The van der Waals surface area contributed by atoms with Crippen molar-refractivity contribution in [2.45, 2.75) is 24.7 Å². The highest BCUT2D eigenvalue weighted by Crippen LogP contribution is 2.53. The number of nitrogens with zero attached hydrogens (tertiary/aromatic N) is 3. The molecule has 2 N–H and O–H groups in total. The second-order valence-electron chi connectivity index (χ2n) is 22.4. The first-order valence-corrected chi connectivity index (χ1v) is 29.5. The van der Waals surface area contributed by atoms with Gasteiger partial charge in [0, 0.05) is 117 Å². The van der Waals surface area contributed by atoms with E-state index in [1.54, 1.807) is 18.2 Å². The smallest absolute Gasteiger partial charge is 0.354 e. The minimum Gasteiger partial charge on any atom is -0.354 e. The van der Waals surface area contributed by atoms with Gasteiger partial charge in [0.2, 0.25) is 0 Å². The third-order valence-electron chi connectivity index (χ3n) is 17.5. The van der Waals surface area contributed by atoms with Gasteiger partial charge in [-0.15, -0.1) is 22.7 Å². The molecule has 0 aliphatic carbocycles. The summed E-state index contributed by atoms with van der Waals surface area (Å²) in [7, 11) is 0. The van der Waals surface area contributed by atoms with Crippen LogP contribution < -0.4 is 0 Å². The molecule has 5 nitrogen and oxygen atoms in total. The predicted molar refractivity (Wildman–Crippen MR) is 335 cm³/mol. The predicted octanol–water partition coefficient (Wildman–Crippen LogP) is 23.2. The van der Waals surface area contributed by atoms with Crippen molar-refractivity contribution in [1.29, 1.82) is 5.26 Å². The Morgan fingerprint density at radius 1 is 0.311 bits per heavy atom. The van der Waals surface area contributed by atoms with Crippen molar-refractivity contribution in [2.75, 3.05) is 0 Å². The minimum absolute atomic E-state index is 0.0592. The first kappa shape index (κ1) is 53.9. The molecule has 0 atom stereocenters. The quantitative estimate of drug-likeness (QED) is 0.169. The van der Waals surface area contributed by atoms with Crippen molar-refractivity contribution in [3.63, 3.8) is 0 Å². The van der Waals surface area contributed by atoms with Crippen LogP contribution in [0, 0.1) is 11.3 Å². The van der Waals surface area contributed by atoms with Crippen LogP contribution in [0.2, 0.25) is 0 Å². The molecule has 17 aromatic rings. The number of nitrogens with one attached hydrogen (secondary N) is 2. The zero-order chi connectivity index (χ0) is 61.8. The van der Waals surface area contributed by atoms with Gasteiger partial charge < -0.3 is 19.1 Å². The lowest BCUT2D eigenvalue weighted by Crippen LogP contribution is -2.10. The standard InChI is InChI=1S/C71H33F12N5S2/c72-68(73,74)33-15-19-56-43(23-33)44-24-34(69(75,76)77)16-20-57(44)87(56)66-47(39-9-5-13-60-64(39)49-28-54-41(30-62(49)89-60)37-7-1-3-11-52(37)85-54)27-48(40-10-6-14-61-65(40)50-29-55-42(31-63(50)90-61)38-8-2-4-12-53(38)86-55)67(51(66)32-84)88-58-21-17-35(70(78,79)80)25-45(58)46-26-36(71(81,82)83)18-22-59(46)88/h1-31,85-86H. The Morgan fingerprint density at radius 3 is 1.01 bits per heavy atom. The molecule has 90 heavy (non-hydrogen) atoms. The molecule has 0 bridgehead atoms. The fourth-order valence-electron chi connectivity index (χ4n) is 13.7. The van der Waals surface area contributed by atoms with Gasteiger partial charge in [-0.25, -0.2) is 0 Å². The van der Waals surface area contributed by atoms with E-state index in [1.165, 1.54) is 31.8 Å². The molecule has 0 aliphatic rings. The van der Waals surface area contributed by atoms with E-state index in [0.717, 1.165) is 146 Å². The first-order valence-electron chi connectivity index (χ1n) is 27.9. The Balaban J connectivity index is 1.10. The van der Waals surface area contributed by atoms with E-state index in [-0.39, 0.29) is 71.7 Å². The molecule has 0 aliphatic heterocycles. The molecule has 19 heteroatoms. The molecule has 0 saturated carbocycles. The van der Waals surface area contributed by atoms with Crippen LogP contribution in [-0.4, -0.2) is 19.1 Å². The van der Waals surface area contributed by atoms with Gasteiger partial charge in [-0.05, 0) is 139 Å². The van der Waals surface area contributed by atoms with Crippen molar-refractivity contribution in [2.24, 2.45) is 0 Å². The maximum absolute atomic E-state index is 14.9. The molecule has 0 saturated heterocycles. The third-order valence-corrected chi connectivity index (χ3v) is 19.7. The lowest BCUT2D eigenvalue weighted by molar-refractivity contribution is -0.138. The third kappa shape index (κ3) is 7.83. The number of alkyl halides is 12. The summed E-state index contributed by atoms with van der Waals surface area (Å²) in [5.41, 5.74) is -0.613. The molecule has 438 valence electrons. The number of halogens is 12. The summed E-state index contributed by atoms with van der Waals surface area (Å²) in [4.78, 5) is 7.06. The van der Waals surface area contributed by atoms with Crippen LogP contribution in [0.5, 0.6) is 0 Å². The summed E-state index contributed by atoms with van der Waals surface area (Å²) in [6.45, 7) is 0. The lowest BCUT2D eigenvalue weighted by atomic mass is 9.88. The molecular formula is C71H33F12N5S2. The minimum atomic E-state index is -4.98. The van der Waals surface area contributed by atoms with Crippen LogP contribution in [0.4, 0.5) is 52.7 Å². The first-order chi connectivity index (χ1) is 43.1. The van der Waals surface area contributed by atoms with Crippen molar-refractivity contribution < 1.29 is 52.7 Å². The van der Waals surface area contributed by atoms with Crippen LogP contribution >= 0.6 is 22.7 Å². The molecule has 6 heterocycles. The summed E-state index contributed by atoms with van der Waals surface area (Å²) in [6, 6.07) is 49.7. The van der Waals surface area contributed by atoms with Gasteiger partial charge in [0.1, 0.15) is 11.6 Å². The zero-order valence-corrected chi connectivity index (χ0v) is 47.2. The van der Waals surface area contributed by atoms with Gasteiger partial charge in [-0.2, -0.15) is 57.9 Å². The monoisotopic (exact) mass is 1250 g/mol. The molecule has 0 fully saturated rings. The van der Waals surface area contributed by atoms with Crippen molar-refractivity contribution >= 4 is 150 Å². The molecule has 6 aromatic heterocycles. The Labute approximate surface area is 505 Å². The van der Waals surface area contributed by atoms with E-state index < -0.39 is 47.0 Å². The van der Waals surface area contributed by atoms with E-state index in [2.05, 4.69) is 28.2 Å². The number of aromatic nitrogens is 4. The maximum Gasteiger partial charge on any atom is 0.416 e. The van der Waals surface area contributed by atoms with Crippen molar-refractivity contribution in [1.82, 2.24) is 19.1 Å². The van der Waals surface area contributed by atoms with E-state index in [4.69, 9.17) is 0 Å². The largest absolute Gasteiger partial charge is 0.416 e. The second-order valence-corrected chi connectivity index (χ2v) is 24.6. The van der Waals surface area contributed by atoms with Gasteiger partial charge >= 0.3 is 24.7 Å². The number of thiophene rings is 2. The normalized spacial score (nSPS) is 13.1. The molecule has 11 aromatic carbocycles. The van der Waals surface area contributed by atoms with Gasteiger partial charge in [0.05, 0.1) is 55.7 Å². The number of rotatable bonds is 4. The molecule has 0 unspecified atom stereocenters. The highest BCUT2D eigenvalue weighted by atomic mass is 32.1. The van der Waals surface area contributed by atoms with Crippen LogP contribution in [0.15, 0.2) is 188 Å². The van der Waals surface area contributed by atoms with Gasteiger partial charge in [0.15, 0.2) is 0 Å². The summed E-state index contributed by atoms with van der Waals surface area (Å²) in [6.07, 6.45) is -19.9. The number of hydrogen-bond donors (Lipinski definition) is 2. The Hall–Kier alpha value is -10.3. The number of nitriles is 1. The number of aromatic amines is 2. The second kappa shape index (κ2) is 18.4. The van der Waals surface area contributed by atoms with Gasteiger partial charge in [0.25, 0.3) is 0 Å². The Kier molecular flexibility index (Phi) is 11.0. The average molecular weight is 1250 g/mol. The Bertz CT molecular complexity index is 5570. The zero-order valence-electron chi connectivity index (χ0n) is 45.6. The molecule has 0 radical (unpaired) electrons. The van der Waals surface area contributed by atoms with E-state index >= 15 is 0 Å². The fraction of sp³-hybridized carbons (Fsp3) is 0.0563. The fourth-order valence-corrected chi connectivity index (χ4v) is 16.0. The van der Waals surface area contributed by atoms with E-state index in [1.807, 2.05) is 84.9 Å². The van der Waals surface area contributed by atoms with Crippen LogP contribution in [0.25, 0.3) is 161 Å². The Morgan fingerprint density at radius 2 is 0.667 bits per heavy atom. The summed E-state index contributed by atoms with van der Waals surface area (Å²) in [5, 5.41) is 18.1. The van der Waals surface area contributed by atoms with Gasteiger partial charge in [-0.3, -0.25) is 0 Å². The highest BCUT2D eigenvalue weighted by molar-refractivity contribution is 7.26. The number of benzene rings is 11. The van der Waals surface area contributed by atoms with Crippen LogP contribution in [-0.2, 0) is 24.7 Å². The topological polar surface area (TPSA) is 65.2 Å².